The molecule has 168 valence electrons. The number of fused-ring (bicyclic) bond motifs is 1. The SMILES string of the molecule is Cc1cc(OC2CNC2)ccc1NC(=O)N1CCN(c2nc(N)nc3scnc23)C(C)C1. The normalized spacial score (nSPS) is 19.1. The number of hydrogen-bond acceptors (Lipinski definition) is 9. The van der Waals surface area contributed by atoms with Crippen LogP contribution >= 0.6 is 11.3 Å². The van der Waals surface area contributed by atoms with Crippen LogP contribution in [0.1, 0.15) is 12.5 Å². The summed E-state index contributed by atoms with van der Waals surface area (Å²) in [6, 6.07) is 5.71. The molecule has 1 unspecified atom stereocenters. The lowest BCUT2D eigenvalue weighted by Gasteiger charge is -2.40. The van der Waals surface area contributed by atoms with Crippen LogP contribution in [0.15, 0.2) is 23.7 Å². The zero-order valence-corrected chi connectivity index (χ0v) is 18.9. The van der Waals surface area contributed by atoms with Gasteiger partial charge >= 0.3 is 6.03 Å². The van der Waals surface area contributed by atoms with Crippen molar-refractivity contribution in [1.29, 1.82) is 0 Å². The first-order valence-corrected chi connectivity index (χ1v) is 11.5. The zero-order chi connectivity index (χ0) is 22.2. The number of benzene rings is 1. The van der Waals surface area contributed by atoms with E-state index in [-0.39, 0.29) is 24.1 Å². The van der Waals surface area contributed by atoms with Gasteiger partial charge in [-0.05, 0) is 37.6 Å². The second-order valence-corrected chi connectivity index (χ2v) is 9.04. The van der Waals surface area contributed by atoms with Gasteiger partial charge in [0, 0.05) is 44.5 Å². The van der Waals surface area contributed by atoms with Crippen molar-refractivity contribution in [3.05, 3.63) is 29.3 Å². The van der Waals surface area contributed by atoms with Gasteiger partial charge in [-0.15, -0.1) is 11.3 Å². The van der Waals surface area contributed by atoms with E-state index in [2.05, 4.69) is 37.4 Å². The van der Waals surface area contributed by atoms with Crippen molar-refractivity contribution in [2.24, 2.45) is 0 Å². The Labute approximate surface area is 189 Å². The van der Waals surface area contributed by atoms with Crippen molar-refractivity contribution in [1.82, 2.24) is 25.2 Å². The summed E-state index contributed by atoms with van der Waals surface area (Å²) in [5.41, 5.74) is 10.2. The lowest BCUT2D eigenvalue weighted by atomic mass is 10.1. The maximum Gasteiger partial charge on any atom is 0.321 e. The molecule has 32 heavy (non-hydrogen) atoms. The number of amides is 2. The van der Waals surface area contributed by atoms with Crippen LogP contribution in [0.2, 0.25) is 0 Å². The third kappa shape index (κ3) is 4.00. The molecule has 4 heterocycles. The van der Waals surface area contributed by atoms with Gasteiger partial charge in [-0.1, -0.05) is 0 Å². The number of nitrogens with two attached hydrogens (primary N) is 1. The molecular formula is C21H26N8O2S. The molecule has 4 N–H and O–H groups in total. The zero-order valence-electron chi connectivity index (χ0n) is 18.0. The van der Waals surface area contributed by atoms with E-state index < -0.39 is 0 Å². The van der Waals surface area contributed by atoms with Crippen molar-refractivity contribution in [2.75, 3.05) is 48.7 Å². The first-order chi connectivity index (χ1) is 15.5. The molecule has 0 radical (unpaired) electrons. The molecule has 0 spiro atoms. The van der Waals surface area contributed by atoms with Crippen molar-refractivity contribution < 1.29 is 9.53 Å². The minimum atomic E-state index is -0.113. The fraction of sp³-hybridized carbons (Fsp3) is 0.429. The highest BCUT2D eigenvalue weighted by Crippen LogP contribution is 2.29. The maximum atomic E-state index is 13.0. The van der Waals surface area contributed by atoms with E-state index in [9.17, 15) is 4.79 Å². The molecule has 5 rings (SSSR count). The number of anilines is 3. The summed E-state index contributed by atoms with van der Waals surface area (Å²) in [5.74, 6) is 1.79. The van der Waals surface area contributed by atoms with Gasteiger partial charge in [0.1, 0.15) is 17.4 Å². The van der Waals surface area contributed by atoms with E-state index >= 15 is 0 Å². The Morgan fingerprint density at radius 3 is 2.88 bits per heavy atom. The summed E-state index contributed by atoms with van der Waals surface area (Å²) in [4.78, 5) is 30.8. The number of nitrogens with one attached hydrogen (secondary N) is 2. The number of nitrogens with zero attached hydrogens (tertiary/aromatic N) is 5. The van der Waals surface area contributed by atoms with Crippen molar-refractivity contribution in [3.8, 4) is 5.75 Å². The van der Waals surface area contributed by atoms with Gasteiger partial charge in [0.2, 0.25) is 5.95 Å². The molecule has 2 saturated heterocycles. The highest BCUT2D eigenvalue weighted by atomic mass is 32.1. The quantitative estimate of drug-likeness (QED) is 0.548. The van der Waals surface area contributed by atoms with Crippen molar-refractivity contribution in [3.63, 3.8) is 0 Å². The number of carbonyl (C=O) groups excluding carboxylic acids is 1. The second-order valence-electron chi connectivity index (χ2n) is 8.20. The van der Waals surface area contributed by atoms with E-state index in [4.69, 9.17) is 10.5 Å². The Kier molecular flexibility index (Phi) is 5.43. The molecule has 1 atom stereocenters. The molecule has 10 nitrogen and oxygen atoms in total. The molecule has 3 aromatic rings. The lowest BCUT2D eigenvalue weighted by molar-refractivity contribution is 0.142. The van der Waals surface area contributed by atoms with Gasteiger partial charge in [-0.2, -0.15) is 4.98 Å². The van der Waals surface area contributed by atoms with Crippen molar-refractivity contribution in [2.45, 2.75) is 26.0 Å². The minimum Gasteiger partial charge on any atom is -0.488 e. The van der Waals surface area contributed by atoms with E-state index in [0.717, 1.165) is 46.3 Å². The topological polar surface area (TPSA) is 122 Å². The molecule has 2 fully saturated rings. The number of urea groups is 1. The average Bonchev–Trinajstić information content (AvgIpc) is 3.20. The number of nitrogen functional groups attached to an aromatic ring is 1. The molecule has 2 aromatic heterocycles. The summed E-state index contributed by atoms with van der Waals surface area (Å²) in [7, 11) is 0. The molecule has 0 saturated carbocycles. The number of carbonyl (C=O) groups is 1. The summed E-state index contributed by atoms with van der Waals surface area (Å²) in [5, 5.41) is 6.23. The van der Waals surface area contributed by atoms with Crippen LogP contribution in [-0.4, -0.2) is 70.8 Å². The highest BCUT2D eigenvalue weighted by Gasteiger charge is 2.30. The van der Waals surface area contributed by atoms with Gasteiger partial charge < -0.3 is 30.9 Å². The molecule has 1 aromatic carbocycles. The number of aromatic nitrogens is 3. The van der Waals surface area contributed by atoms with Crippen LogP contribution in [0.25, 0.3) is 10.3 Å². The summed E-state index contributed by atoms with van der Waals surface area (Å²) in [6.07, 6.45) is 0.225. The van der Waals surface area contributed by atoms with Gasteiger partial charge in [0.05, 0.1) is 5.51 Å². The predicted molar refractivity (Wildman–Crippen MR) is 125 cm³/mol. The smallest absolute Gasteiger partial charge is 0.321 e. The highest BCUT2D eigenvalue weighted by molar-refractivity contribution is 7.16. The van der Waals surface area contributed by atoms with Crippen LogP contribution in [0.4, 0.5) is 22.2 Å². The number of aryl methyl sites for hydroxylation is 1. The van der Waals surface area contributed by atoms with E-state index in [1.165, 1.54) is 11.3 Å². The van der Waals surface area contributed by atoms with Gasteiger partial charge in [-0.25, -0.2) is 14.8 Å². The fourth-order valence-electron chi connectivity index (χ4n) is 4.00. The number of piperazine rings is 1. The summed E-state index contributed by atoms with van der Waals surface area (Å²) < 4.78 is 5.89. The molecule has 2 aliphatic heterocycles. The minimum absolute atomic E-state index is 0.0571. The number of thiazole rings is 1. The van der Waals surface area contributed by atoms with Crippen LogP contribution in [0, 0.1) is 6.92 Å². The summed E-state index contributed by atoms with van der Waals surface area (Å²) in [6.45, 7) is 7.56. The second kappa shape index (κ2) is 8.40. The first-order valence-electron chi connectivity index (χ1n) is 10.7. The van der Waals surface area contributed by atoms with Crippen LogP contribution in [0.5, 0.6) is 5.75 Å². The van der Waals surface area contributed by atoms with Crippen molar-refractivity contribution >= 4 is 45.2 Å². The lowest BCUT2D eigenvalue weighted by Crippen LogP contribution is -2.55. The third-order valence-electron chi connectivity index (χ3n) is 5.87. The molecule has 0 bridgehead atoms. The molecule has 2 amide bonds. The predicted octanol–water partition coefficient (Wildman–Crippen LogP) is 2.07. The van der Waals surface area contributed by atoms with Crippen LogP contribution < -0.4 is 26.0 Å². The van der Waals surface area contributed by atoms with Gasteiger partial charge in [-0.3, -0.25) is 0 Å². The Balaban J connectivity index is 1.24. The molecule has 2 aliphatic rings. The van der Waals surface area contributed by atoms with E-state index in [1.807, 2.05) is 30.0 Å². The summed E-state index contributed by atoms with van der Waals surface area (Å²) >= 11 is 1.44. The first kappa shape index (κ1) is 20.7. The standard InChI is InChI=1S/C21H26N8O2S/c1-12-7-14(31-15-8-23-9-15)3-4-16(12)25-21(30)28-5-6-29(13(2)10-28)18-17-19(32-11-24-17)27-20(22)26-18/h3-4,7,11,13,15,23H,5-6,8-10H2,1-2H3,(H,25,30)(H2,22,26,27). The number of ether oxygens (including phenoxy) is 1. The molecule has 11 heteroatoms. The van der Waals surface area contributed by atoms with Crippen LogP contribution in [0.3, 0.4) is 0 Å². The van der Waals surface area contributed by atoms with Gasteiger partial charge in [0.15, 0.2) is 10.6 Å². The Hall–Kier alpha value is -3.18. The molecular weight excluding hydrogens is 428 g/mol. The van der Waals surface area contributed by atoms with Gasteiger partial charge in [0.25, 0.3) is 0 Å². The number of rotatable bonds is 4. The average molecular weight is 455 g/mol. The molecule has 0 aliphatic carbocycles. The number of hydrogen-bond donors (Lipinski definition) is 3. The van der Waals surface area contributed by atoms with E-state index in [0.29, 0.717) is 19.6 Å². The Morgan fingerprint density at radius 1 is 1.31 bits per heavy atom. The largest absolute Gasteiger partial charge is 0.488 e. The van der Waals surface area contributed by atoms with Crippen LogP contribution in [-0.2, 0) is 0 Å². The Morgan fingerprint density at radius 2 is 2.16 bits per heavy atom. The fourth-order valence-corrected chi connectivity index (χ4v) is 4.66. The van der Waals surface area contributed by atoms with E-state index in [1.54, 1.807) is 5.51 Å². The monoisotopic (exact) mass is 454 g/mol. The maximum absolute atomic E-state index is 13.0. The Bertz CT molecular complexity index is 1150. The third-order valence-corrected chi connectivity index (χ3v) is 6.59.